The SMILES string of the molecule is CCCN(CCC)S(=O)(=O)c1ccc2c(c1)C1C=CCC1C(c1ccc(Cl)c([N+](=O)[O-])c1)N2. The highest BCUT2D eigenvalue weighted by Gasteiger charge is 2.39. The van der Waals surface area contributed by atoms with Gasteiger partial charge in [0.25, 0.3) is 5.69 Å². The Morgan fingerprint density at radius 1 is 1.15 bits per heavy atom. The lowest BCUT2D eigenvalue weighted by Crippen LogP contribution is -2.33. The van der Waals surface area contributed by atoms with Crippen LogP contribution >= 0.6 is 11.6 Å². The highest BCUT2D eigenvalue weighted by Crippen LogP contribution is 2.50. The molecule has 3 unspecified atom stereocenters. The van der Waals surface area contributed by atoms with Gasteiger partial charge in [0.15, 0.2) is 0 Å². The van der Waals surface area contributed by atoms with Crippen molar-refractivity contribution in [2.75, 3.05) is 18.4 Å². The van der Waals surface area contributed by atoms with Crippen LogP contribution in [0.1, 0.15) is 56.2 Å². The molecule has 7 nitrogen and oxygen atoms in total. The van der Waals surface area contributed by atoms with Gasteiger partial charge >= 0.3 is 0 Å². The molecule has 1 N–H and O–H groups in total. The Kier molecular flexibility index (Phi) is 6.79. The number of nitrogens with zero attached hydrogens (tertiary/aromatic N) is 2. The van der Waals surface area contributed by atoms with E-state index in [1.54, 1.807) is 22.5 Å². The van der Waals surface area contributed by atoms with Gasteiger partial charge in [0.05, 0.1) is 15.9 Å². The van der Waals surface area contributed by atoms with Crippen LogP contribution in [0.5, 0.6) is 0 Å². The molecule has 2 aromatic rings. The fourth-order valence-electron chi connectivity index (χ4n) is 4.93. The van der Waals surface area contributed by atoms with Crippen molar-refractivity contribution in [3.63, 3.8) is 0 Å². The fraction of sp³-hybridized carbons (Fsp3) is 0.417. The molecular formula is C24H28ClN3O4S. The number of hydrogen-bond acceptors (Lipinski definition) is 5. The third kappa shape index (κ3) is 4.39. The third-order valence-corrected chi connectivity index (χ3v) is 8.66. The van der Waals surface area contributed by atoms with Crippen LogP contribution in [0.4, 0.5) is 11.4 Å². The van der Waals surface area contributed by atoms with Crippen LogP contribution in [0.2, 0.25) is 5.02 Å². The van der Waals surface area contributed by atoms with Crippen LogP contribution in [0.3, 0.4) is 0 Å². The quantitative estimate of drug-likeness (QED) is 0.283. The van der Waals surface area contributed by atoms with Gasteiger partial charge in [-0.15, -0.1) is 0 Å². The number of fused-ring (bicyclic) bond motifs is 3. The minimum absolute atomic E-state index is 0.0296. The zero-order valence-corrected chi connectivity index (χ0v) is 20.3. The molecule has 0 amide bonds. The van der Waals surface area contributed by atoms with Crippen molar-refractivity contribution < 1.29 is 13.3 Å². The molecule has 9 heteroatoms. The Hall–Kier alpha value is -2.42. The molecule has 4 rings (SSSR count). The molecule has 0 fully saturated rings. The molecule has 0 saturated carbocycles. The van der Waals surface area contributed by atoms with E-state index in [1.165, 1.54) is 6.07 Å². The number of halogens is 1. The average molecular weight is 490 g/mol. The van der Waals surface area contributed by atoms with Crippen LogP contribution in [0.15, 0.2) is 53.4 Å². The van der Waals surface area contributed by atoms with E-state index < -0.39 is 14.9 Å². The van der Waals surface area contributed by atoms with Gasteiger partial charge in [0.2, 0.25) is 10.0 Å². The lowest BCUT2D eigenvalue weighted by atomic mass is 9.77. The highest BCUT2D eigenvalue weighted by molar-refractivity contribution is 7.89. The maximum atomic E-state index is 13.3. The Morgan fingerprint density at radius 3 is 2.55 bits per heavy atom. The number of anilines is 1. The minimum Gasteiger partial charge on any atom is -0.378 e. The summed E-state index contributed by atoms with van der Waals surface area (Å²) in [5.41, 5.74) is 2.48. The molecule has 1 aliphatic carbocycles. The number of benzene rings is 2. The van der Waals surface area contributed by atoms with Crippen LogP contribution < -0.4 is 5.32 Å². The van der Waals surface area contributed by atoms with Crippen LogP contribution in [-0.2, 0) is 10.0 Å². The second-order valence-electron chi connectivity index (χ2n) is 8.60. The first-order valence-corrected chi connectivity index (χ1v) is 13.1. The molecule has 3 atom stereocenters. The van der Waals surface area contributed by atoms with Gasteiger partial charge < -0.3 is 5.32 Å². The lowest BCUT2D eigenvalue weighted by Gasteiger charge is -2.37. The van der Waals surface area contributed by atoms with E-state index in [9.17, 15) is 18.5 Å². The first kappa shape index (κ1) is 23.7. The predicted molar refractivity (Wildman–Crippen MR) is 130 cm³/mol. The number of nitro benzene ring substituents is 1. The molecule has 0 bridgehead atoms. The summed E-state index contributed by atoms with van der Waals surface area (Å²) < 4.78 is 28.2. The van der Waals surface area contributed by atoms with Crippen LogP contribution in [0.25, 0.3) is 0 Å². The van der Waals surface area contributed by atoms with Crippen molar-refractivity contribution in [3.8, 4) is 0 Å². The largest absolute Gasteiger partial charge is 0.378 e. The molecule has 176 valence electrons. The monoisotopic (exact) mass is 489 g/mol. The minimum atomic E-state index is -3.58. The Labute approximate surface area is 199 Å². The Bertz CT molecular complexity index is 1190. The smallest absolute Gasteiger partial charge is 0.288 e. The number of hydrogen-bond donors (Lipinski definition) is 1. The summed E-state index contributed by atoms with van der Waals surface area (Å²) in [6, 6.07) is 10.0. The van der Waals surface area contributed by atoms with Gasteiger partial charge in [0.1, 0.15) is 5.02 Å². The van der Waals surface area contributed by atoms with Gasteiger partial charge in [-0.25, -0.2) is 8.42 Å². The zero-order chi connectivity index (χ0) is 23.8. The molecule has 2 aromatic carbocycles. The summed E-state index contributed by atoms with van der Waals surface area (Å²) in [4.78, 5) is 11.2. The topological polar surface area (TPSA) is 92.5 Å². The lowest BCUT2D eigenvalue weighted by molar-refractivity contribution is -0.384. The van der Waals surface area contributed by atoms with Gasteiger partial charge in [-0.3, -0.25) is 10.1 Å². The molecule has 1 aliphatic heterocycles. The van der Waals surface area contributed by atoms with E-state index >= 15 is 0 Å². The zero-order valence-electron chi connectivity index (χ0n) is 18.7. The number of sulfonamides is 1. The second-order valence-corrected chi connectivity index (χ2v) is 10.9. The van der Waals surface area contributed by atoms with Gasteiger partial charge in [-0.1, -0.05) is 43.7 Å². The normalized spacial score (nSPS) is 21.5. The Balaban J connectivity index is 1.72. The van der Waals surface area contributed by atoms with Gasteiger partial charge in [-0.2, -0.15) is 4.31 Å². The van der Waals surface area contributed by atoms with E-state index in [2.05, 4.69) is 17.5 Å². The first-order valence-electron chi connectivity index (χ1n) is 11.3. The summed E-state index contributed by atoms with van der Waals surface area (Å²) in [7, 11) is -3.58. The van der Waals surface area contributed by atoms with Crippen LogP contribution in [-0.4, -0.2) is 30.7 Å². The fourth-order valence-corrected chi connectivity index (χ4v) is 6.77. The number of nitrogens with one attached hydrogen (secondary N) is 1. The van der Waals surface area contributed by atoms with Crippen molar-refractivity contribution in [1.29, 1.82) is 0 Å². The predicted octanol–water partition coefficient (Wildman–Crippen LogP) is 5.89. The van der Waals surface area contributed by atoms with Crippen molar-refractivity contribution >= 4 is 33.0 Å². The number of nitro groups is 1. The summed E-state index contributed by atoms with van der Waals surface area (Å²) in [6.45, 7) is 4.94. The summed E-state index contributed by atoms with van der Waals surface area (Å²) in [6.07, 6.45) is 6.54. The van der Waals surface area contributed by atoms with Crippen molar-refractivity contribution in [2.24, 2.45) is 5.92 Å². The first-order chi connectivity index (χ1) is 15.8. The van der Waals surface area contributed by atoms with Gasteiger partial charge in [-0.05, 0) is 60.6 Å². The molecule has 0 spiro atoms. The van der Waals surface area contributed by atoms with E-state index in [0.717, 1.165) is 36.1 Å². The Morgan fingerprint density at radius 2 is 1.88 bits per heavy atom. The third-order valence-electron chi connectivity index (χ3n) is 6.44. The van der Waals surface area contributed by atoms with E-state index in [4.69, 9.17) is 11.6 Å². The van der Waals surface area contributed by atoms with Gasteiger partial charge in [0, 0.05) is 30.8 Å². The summed E-state index contributed by atoms with van der Waals surface area (Å²) in [5.74, 6) is 0.153. The number of rotatable bonds is 8. The average Bonchev–Trinajstić information content (AvgIpc) is 3.28. The standard InChI is InChI=1S/C24H28ClN3O4S/c1-3-12-27(13-4-2)33(31,32)17-9-11-22-20(15-17)18-6-5-7-19(18)24(26-22)16-8-10-21(25)23(14-16)28(29)30/h5-6,8-11,14-15,18-19,24,26H,3-4,7,12-13H2,1-2H3. The molecular weight excluding hydrogens is 462 g/mol. The maximum Gasteiger partial charge on any atom is 0.288 e. The molecule has 0 radical (unpaired) electrons. The summed E-state index contributed by atoms with van der Waals surface area (Å²) >= 11 is 6.02. The van der Waals surface area contributed by atoms with E-state index in [0.29, 0.717) is 18.0 Å². The van der Waals surface area contributed by atoms with Crippen LogP contribution in [0, 0.1) is 16.0 Å². The van der Waals surface area contributed by atoms with Crippen molar-refractivity contribution in [1.82, 2.24) is 4.31 Å². The maximum absolute atomic E-state index is 13.3. The number of allylic oxidation sites excluding steroid dienone is 2. The van der Waals surface area contributed by atoms with Crippen molar-refractivity contribution in [3.05, 3.63) is 74.8 Å². The molecule has 0 saturated heterocycles. The highest BCUT2D eigenvalue weighted by atomic mass is 35.5. The van der Waals surface area contributed by atoms with Crippen molar-refractivity contribution in [2.45, 2.75) is 50.0 Å². The molecule has 33 heavy (non-hydrogen) atoms. The summed E-state index contributed by atoms with van der Waals surface area (Å²) in [5, 5.41) is 15.0. The molecule has 2 aliphatic rings. The molecule has 0 aromatic heterocycles. The second kappa shape index (κ2) is 9.44. The van der Waals surface area contributed by atoms with E-state index in [1.807, 2.05) is 26.0 Å². The van der Waals surface area contributed by atoms with E-state index in [-0.39, 0.29) is 28.6 Å². The molecule has 1 heterocycles.